The molecule has 3 amide bonds. The zero-order chi connectivity index (χ0) is 30.5. The van der Waals surface area contributed by atoms with Crippen molar-refractivity contribution in [3.63, 3.8) is 0 Å². The van der Waals surface area contributed by atoms with Crippen molar-refractivity contribution in [2.75, 3.05) is 18.1 Å². The van der Waals surface area contributed by atoms with E-state index in [1.165, 1.54) is 11.8 Å². The van der Waals surface area contributed by atoms with Crippen LogP contribution < -0.4 is 20.3 Å². The summed E-state index contributed by atoms with van der Waals surface area (Å²) in [5, 5.41) is 14.0. The molecule has 43 heavy (non-hydrogen) atoms. The highest BCUT2D eigenvalue weighted by Crippen LogP contribution is 2.44. The SMILES string of the molecule is CC(C(=O)NC(C=O)CCC(=O)O)N1C(=O)C(NC(=O)OCC2c3ccccc3-c3ccccc32)COc2ccccc21. The first kappa shape index (κ1) is 29.3. The van der Waals surface area contributed by atoms with E-state index in [-0.39, 0.29) is 32.0 Å². The number of anilines is 1. The first-order chi connectivity index (χ1) is 20.8. The quantitative estimate of drug-likeness (QED) is 0.307. The second-order valence-electron chi connectivity index (χ2n) is 10.4. The van der Waals surface area contributed by atoms with E-state index in [0.717, 1.165) is 22.3 Å². The molecule has 3 unspecified atom stereocenters. The Morgan fingerprint density at radius 1 is 1.02 bits per heavy atom. The first-order valence-electron chi connectivity index (χ1n) is 13.9. The summed E-state index contributed by atoms with van der Waals surface area (Å²) in [4.78, 5) is 63.5. The van der Waals surface area contributed by atoms with Gasteiger partial charge in [0.25, 0.3) is 5.91 Å². The molecule has 222 valence electrons. The number of hydrogen-bond donors (Lipinski definition) is 3. The smallest absolute Gasteiger partial charge is 0.407 e. The zero-order valence-electron chi connectivity index (χ0n) is 23.4. The summed E-state index contributed by atoms with van der Waals surface area (Å²) in [6.07, 6.45) is -0.780. The minimum Gasteiger partial charge on any atom is -0.489 e. The number of amides is 3. The molecular formula is C32H31N3O8. The lowest BCUT2D eigenvalue weighted by molar-refractivity contribution is -0.137. The first-order valence-corrected chi connectivity index (χ1v) is 13.9. The van der Waals surface area contributed by atoms with E-state index < -0.39 is 42.0 Å². The Morgan fingerprint density at radius 3 is 2.30 bits per heavy atom. The summed E-state index contributed by atoms with van der Waals surface area (Å²) in [5.74, 6) is -2.24. The Morgan fingerprint density at radius 2 is 1.65 bits per heavy atom. The number of benzene rings is 3. The average molecular weight is 586 g/mol. The minimum absolute atomic E-state index is 0.0494. The summed E-state index contributed by atoms with van der Waals surface area (Å²) < 4.78 is 11.5. The summed E-state index contributed by atoms with van der Waals surface area (Å²) in [6.45, 7) is 1.31. The van der Waals surface area contributed by atoms with Gasteiger partial charge in [0.05, 0.1) is 11.7 Å². The monoisotopic (exact) mass is 585 g/mol. The van der Waals surface area contributed by atoms with Crippen LogP contribution >= 0.6 is 0 Å². The molecular weight excluding hydrogens is 554 g/mol. The molecule has 1 aliphatic heterocycles. The van der Waals surface area contributed by atoms with Crippen LogP contribution in [0.1, 0.15) is 36.8 Å². The molecule has 3 aromatic carbocycles. The molecule has 3 atom stereocenters. The van der Waals surface area contributed by atoms with Crippen molar-refractivity contribution in [2.45, 2.75) is 43.8 Å². The maximum absolute atomic E-state index is 13.8. The van der Waals surface area contributed by atoms with Gasteiger partial charge in [-0.3, -0.25) is 19.3 Å². The van der Waals surface area contributed by atoms with E-state index in [4.69, 9.17) is 14.6 Å². The van der Waals surface area contributed by atoms with Gasteiger partial charge in [-0.15, -0.1) is 0 Å². The van der Waals surface area contributed by atoms with Gasteiger partial charge in [-0.1, -0.05) is 60.7 Å². The Balaban J connectivity index is 1.29. The molecule has 5 rings (SSSR count). The number of hydrogen-bond acceptors (Lipinski definition) is 7. The van der Waals surface area contributed by atoms with Gasteiger partial charge in [0, 0.05) is 12.3 Å². The Bertz CT molecular complexity index is 1510. The molecule has 0 aromatic heterocycles. The number of alkyl carbamates (subject to hydrolysis) is 1. The second-order valence-corrected chi connectivity index (χ2v) is 10.4. The highest BCUT2D eigenvalue weighted by molar-refractivity contribution is 6.05. The van der Waals surface area contributed by atoms with E-state index in [9.17, 15) is 24.0 Å². The number of carboxylic acids is 1. The largest absolute Gasteiger partial charge is 0.489 e. The fourth-order valence-corrected chi connectivity index (χ4v) is 5.47. The number of nitrogens with one attached hydrogen (secondary N) is 2. The maximum Gasteiger partial charge on any atom is 0.407 e. The van der Waals surface area contributed by atoms with Gasteiger partial charge in [-0.25, -0.2) is 4.79 Å². The molecule has 0 spiro atoms. The lowest BCUT2D eigenvalue weighted by Gasteiger charge is -2.30. The van der Waals surface area contributed by atoms with Crippen LogP contribution in [-0.4, -0.2) is 66.6 Å². The van der Waals surface area contributed by atoms with Crippen molar-refractivity contribution < 1.29 is 38.6 Å². The predicted molar refractivity (Wildman–Crippen MR) is 156 cm³/mol. The van der Waals surface area contributed by atoms with E-state index >= 15 is 0 Å². The van der Waals surface area contributed by atoms with Crippen LogP contribution in [0.25, 0.3) is 11.1 Å². The van der Waals surface area contributed by atoms with Gasteiger partial charge in [-0.2, -0.15) is 0 Å². The fourth-order valence-electron chi connectivity index (χ4n) is 5.47. The number of para-hydroxylation sites is 2. The number of ether oxygens (including phenoxy) is 2. The topological polar surface area (TPSA) is 151 Å². The number of aldehydes is 1. The molecule has 1 heterocycles. The highest BCUT2D eigenvalue weighted by atomic mass is 16.5. The van der Waals surface area contributed by atoms with Crippen molar-refractivity contribution in [1.82, 2.24) is 10.6 Å². The van der Waals surface area contributed by atoms with Gasteiger partial charge < -0.3 is 30.0 Å². The molecule has 11 heteroatoms. The van der Waals surface area contributed by atoms with Gasteiger partial charge in [0.1, 0.15) is 37.3 Å². The van der Waals surface area contributed by atoms with Crippen LogP contribution in [0.3, 0.4) is 0 Å². The van der Waals surface area contributed by atoms with Crippen LogP contribution in [-0.2, 0) is 23.9 Å². The van der Waals surface area contributed by atoms with Gasteiger partial charge >= 0.3 is 12.1 Å². The zero-order valence-corrected chi connectivity index (χ0v) is 23.4. The lowest BCUT2D eigenvalue weighted by atomic mass is 9.98. The van der Waals surface area contributed by atoms with E-state index in [0.29, 0.717) is 17.7 Å². The third-order valence-corrected chi connectivity index (χ3v) is 7.63. The number of carbonyl (C=O) groups is 5. The average Bonchev–Trinajstić information content (AvgIpc) is 3.26. The summed E-state index contributed by atoms with van der Waals surface area (Å²) in [6, 6.07) is 19.1. The summed E-state index contributed by atoms with van der Waals surface area (Å²) in [7, 11) is 0. The van der Waals surface area contributed by atoms with Crippen molar-refractivity contribution in [3.05, 3.63) is 83.9 Å². The third-order valence-electron chi connectivity index (χ3n) is 7.63. The van der Waals surface area contributed by atoms with Crippen molar-refractivity contribution in [1.29, 1.82) is 0 Å². The molecule has 0 bridgehead atoms. The maximum atomic E-state index is 13.8. The van der Waals surface area contributed by atoms with Crippen LogP contribution in [0.5, 0.6) is 5.75 Å². The molecule has 0 saturated carbocycles. The number of fused-ring (bicyclic) bond motifs is 4. The normalized spacial score (nSPS) is 16.8. The van der Waals surface area contributed by atoms with Gasteiger partial charge in [0.2, 0.25) is 5.91 Å². The van der Waals surface area contributed by atoms with E-state index in [1.807, 2.05) is 48.5 Å². The second kappa shape index (κ2) is 12.8. The molecule has 3 aromatic rings. The van der Waals surface area contributed by atoms with Crippen LogP contribution in [0.2, 0.25) is 0 Å². The molecule has 0 radical (unpaired) electrons. The Kier molecular flexibility index (Phi) is 8.70. The Labute approximate surface area is 247 Å². The van der Waals surface area contributed by atoms with Crippen molar-refractivity contribution in [2.24, 2.45) is 0 Å². The fraction of sp³-hybridized carbons (Fsp3) is 0.281. The molecule has 2 aliphatic rings. The number of carbonyl (C=O) groups excluding carboxylic acids is 4. The van der Waals surface area contributed by atoms with Gasteiger partial charge in [0.15, 0.2) is 0 Å². The number of carboxylic acid groups (broad SMARTS) is 1. The Hall–Kier alpha value is -5.19. The standard InChI is InChI=1S/C32H31N3O8/c1-19(30(39)33-20(16-36)14-15-29(37)38)35-27-12-6-7-13-28(27)42-18-26(31(35)40)34-32(41)43-17-25-23-10-4-2-8-21(23)22-9-3-5-11-24(22)25/h2-13,16,19-20,25-26H,14-15,17-18H2,1H3,(H,33,39)(H,34,41)(H,37,38). The lowest BCUT2D eigenvalue weighted by Crippen LogP contribution is -2.57. The van der Waals surface area contributed by atoms with Crippen LogP contribution in [0, 0.1) is 0 Å². The number of nitrogens with zero attached hydrogens (tertiary/aromatic N) is 1. The van der Waals surface area contributed by atoms with E-state index in [1.54, 1.807) is 24.3 Å². The highest BCUT2D eigenvalue weighted by Gasteiger charge is 2.38. The number of rotatable bonds is 10. The van der Waals surface area contributed by atoms with E-state index in [2.05, 4.69) is 10.6 Å². The molecule has 3 N–H and O–H groups in total. The number of aliphatic carboxylic acids is 1. The molecule has 0 fully saturated rings. The molecule has 0 saturated heterocycles. The van der Waals surface area contributed by atoms with Crippen molar-refractivity contribution >= 4 is 35.9 Å². The predicted octanol–water partition coefficient (Wildman–Crippen LogP) is 3.26. The summed E-state index contributed by atoms with van der Waals surface area (Å²) in [5.41, 5.74) is 4.56. The molecule has 11 nitrogen and oxygen atoms in total. The summed E-state index contributed by atoms with van der Waals surface area (Å²) >= 11 is 0. The van der Waals surface area contributed by atoms with Crippen molar-refractivity contribution in [3.8, 4) is 16.9 Å². The molecule has 1 aliphatic carbocycles. The van der Waals surface area contributed by atoms with Crippen LogP contribution in [0.15, 0.2) is 72.8 Å². The van der Waals surface area contributed by atoms with Gasteiger partial charge in [-0.05, 0) is 47.7 Å². The third kappa shape index (κ3) is 6.20. The minimum atomic E-state index is -1.19. The van der Waals surface area contributed by atoms with Crippen LogP contribution in [0.4, 0.5) is 10.5 Å².